The molecule has 3 aromatic rings. The first kappa shape index (κ1) is 16.5. The van der Waals surface area contributed by atoms with Crippen molar-refractivity contribution < 1.29 is 9.53 Å². The Bertz CT molecular complexity index is 878. The van der Waals surface area contributed by atoms with Crippen LogP contribution in [0.4, 0.5) is 10.6 Å². The Labute approximate surface area is 144 Å². The molecule has 2 N–H and O–H groups in total. The Morgan fingerprint density at radius 1 is 1.38 bits per heavy atom. The van der Waals surface area contributed by atoms with Crippen LogP contribution in [0.1, 0.15) is 26.5 Å². The van der Waals surface area contributed by atoms with Crippen molar-refractivity contribution in [3.05, 3.63) is 23.3 Å². The van der Waals surface area contributed by atoms with E-state index in [0.29, 0.717) is 18.9 Å². The van der Waals surface area contributed by atoms with Gasteiger partial charge in [0.15, 0.2) is 11.5 Å². The standard InChI is InChI=1S/C16H21N5O2S/c1-10-9-19-13-12(20-11-5-8-24-14(11)21(10)13)17-6-7-18-15(22)23-16(2,3)4/h5,8-9H,6-7H2,1-4H3,(H,17,20)(H,18,22). The molecule has 0 spiro atoms. The smallest absolute Gasteiger partial charge is 0.407 e. The highest BCUT2D eigenvalue weighted by atomic mass is 32.1. The summed E-state index contributed by atoms with van der Waals surface area (Å²) in [7, 11) is 0. The van der Waals surface area contributed by atoms with Crippen molar-refractivity contribution in [2.24, 2.45) is 0 Å². The van der Waals surface area contributed by atoms with Crippen LogP contribution in [0.3, 0.4) is 0 Å². The lowest BCUT2D eigenvalue weighted by molar-refractivity contribution is 0.0530. The molecule has 0 aliphatic carbocycles. The van der Waals surface area contributed by atoms with Crippen LogP contribution in [0.25, 0.3) is 16.0 Å². The van der Waals surface area contributed by atoms with E-state index < -0.39 is 11.7 Å². The predicted octanol–water partition coefficient (Wildman–Crippen LogP) is 3.19. The first-order chi connectivity index (χ1) is 11.3. The van der Waals surface area contributed by atoms with Crippen LogP contribution in [0.2, 0.25) is 0 Å². The number of fused-ring (bicyclic) bond motifs is 3. The number of imidazole rings is 1. The number of carbonyl (C=O) groups is 1. The third-order valence-corrected chi connectivity index (χ3v) is 4.18. The van der Waals surface area contributed by atoms with Crippen LogP contribution < -0.4 is 10.6 Å². The number of amides is 1. The van der Waals surface area contributed by atoms with E-state index in [4.69, 9.17) is 4.74 Å². The van der Waals surface area contributed by atoms with Gasteiger partial charge in [-0.25, -0.2) is 14.8 Å². The maximum absolute atomic E-state index is 11.6. The number of nitrogens with one attached hydrogen (secondary N) is 2. The highest BCUT2D eigenvalue weighted by molar-refractivity contribution is 7.16. The number of hydrogen-bond donors (Lipinski definition) is 2. The number of aryl methyl sites for hydroxylation is 1. The summed E-state index contributed by atoms with van der Waals surface area (Å²) in [6.45, 7) is 8.49. The van der Waals surface area contributed by atoms with E-state index in [-0.39, 0.29) is 0 Å². The second-order valence-corrected chi connectivity index (χ2v) is 7.38. The highest BCUT2D eigenvalue weighted by Crippen LogP contribution is 2.26. The molecule has 8 heteroatoms. The van der Waals surface area contributed by atoms with Crippen molar-refractivity contribution in [2.75, 3.05) is 18.4 Å². The molecule has 24 heavy (non-hydrogen) atoms. The number of carbonyl (C=O) groups excluding carboxylic acids is 1. The molecule has 0 saturated carbocycles. The number of hydrogen-bond acceptors (Lipinski definition) is 6. The Morgan fingerprint density at radius 2 is 2.17 bits per heavy atom. The zero-order valence-corrected chi connectivity index (χ0v) is 15.0. The second-order valence-electron chi connectivity index (χ2n) is 6.49. The lowest BCUT2D eigenvalue weighted by atomic mass is 10.2. The first-order valence-electron chi connectivity index (χ1n) is 7.77. The molecule has 0 unspecified atom stereocenters. The Kier molecular flexibility index (Phi) is 4.31. The fourth-order valence-electron chi connectivity index (χ4n) is 2.36. The first-order valence-corrected chi connectivity index (χ1v) is 8.65. The minimum Gasteiger partial charge on any atom is -0.444 e. The predicted molar refractivity (Wildman–Crippen MR) is 95.8 cm³/mol. The Hall–Kier alpha value is -2.35. The Morgan fingerprint density at radius 3 is 2.92 bits per heavy atom. The molecule has 0 radical (unpaired) electrons. The third kappa shape index (κ3) is 3.43. The summed E-state index contributed by atoms with van der Waals surface area (Å²) < 4.78 is 7.30. The molecule has 1 amide bonds. The van der Waals surface area contributed by atoms with E-state index in [1.807, 2.05) is 45.3 Å². The molecule has 0 atom stereocenters. The number of alkyl carbamates (subject to hydrolysis) is 1. The maximum atomic E-state index is 11.6. The summed E-state index contributed by atoms with van der Waals surface area (Å²) in [6.07, 6.45) is 1.41. The van der Waals surface area contributed by atoms with Gasteiger partial charge in [0.05, 0.1) is 0 Å². The van der Waals surface area contributed by atoms with Crippen LogP contribution >= 0.6 is 11.3 Å². The second kappa shape index (κ2) is 6.27. The van der Waals surface area contributed by atoms with Gasteiger partial charge in [-0.2, -0.15) is 0 Å². The topological polar surface area (TPSA) is 80.5 Å². The van der Waals surface area contributed by atoms with E-state index in [1.54, 1.807) is 11.3 Å². The number of ether oxygens (including phenoxy) is 1. The van der Waals surface area contributed by atoms with Crippen molar-refractivity contribution in [3.8, 4) is 0 Å². The molecular formula is C16H21N5O2S. The largest absolute Gasteiger partial charge is 0.444 e. The average Bonchev–Trinajstić information content (AvgIpc) is 3.08. The van der Waals surface area contributed by atoms with Crippen molar-refractivity contribution >= 4 is 39.2 Å². The van der Waals surface area contributed by atoms with Crippen molar-refractivity contribution in [1.29, 1.82) is 0 Å². The van der Waals surface area contributed by atoms with Crippen LogP contribution in [-0.2, 0) is 4.74 Å². The van der Waals surface area contributed by atoms with E-state index in [2.05, 4.69) is 25.0 Å². The molecule has 0 fully saturated rings. The van der Waals surface area contributed by atoms with Crippen LogP contribution in [0.5, 0.6) is 0 Å². The summed E-state index contributed by atoms with van der Waals surface area (Å²) >= 11 is 1.64. The summed E-state index contributed by atoms with van der Waals surface area (Å²) in [4.78, 5) is 21.8. The van der Waals surface area contributed by atoms with Gasteiger partial charge in [-0.15, -0.1) is 11.3 Å². The molecule has 0 aliphatic rings. The summed E-state index contributed by atoms with van der Waals surface area (Å²) in [5.41, 5.74) is 2.29. The SMILES string of the molecule is Cc1cnc2c(NCCNC(=O)OC(C)(C)C)nc3ccsc3n12. The molecule has 0 aliphatic heterocycles. The fraction of sp³-hybridized carbons (Fsp3) is 0.438. The van der Waals surface area contributed by atoms with Gasteiger partial charge < -0.3 is 15.4 Å². The number of anilines is 1. The van der Waals surface area contributed by atoms with Crippen molar-refractivity contribution in [3.63, 3.8) is 0 Å². The lowest BCUT2D eigenvalue weighted by Crippen LogP contribution is -2.35. The highest BCUT2D eigenvalue weighted by Gasteiger charge is 2.16. The zero-order valence-electron chi connectivity index (χ0n) is 14.2. The average molecular weight is 347 g/mol. The zero-order chi connectivity index (χ0) is 17.3. The van der Waals surface area contributed by atoms with Crippen LogP contribution in [-0.4, -0.2) is 39.2 Å². The molecule has 0 saturated heterocycles. The number of nitrogens with zero attached hydrogens (tertiary/aromatic N) is 3. The van der Waals surface area contributed by atoms with Gasteiger partial charge in [-0.05, 0) is 39.1 Å². The van der Waals surface area contributed by atoms with Crippen molar-refractivity contribution in [2.45, 2.75) is 33.3 Å². The molecule has 3 heterocycles. The van der Waals surface area contributed by atoms with Gasteiger partial charge >= 0.3 is 6.09 Å². The molecular weight excluding hydrogens is 326 g/mol. The van der Waals surface area contributed by atoms with E-state index in [0.717, 1.165) is 21.7 Å². The molecule has 7 nitrogen and oxygen atoms in total. The number of rotatable bonds is 4. The summed E-state index contributed by atoms with van der Waals surface area (Å²) in [5, 5.41) is 7.98. The number of aromatic nitrogens is 3. The van der Waals surface area contributed by atoms with Crippen LogP contribution in [0, 0.1) is 6.92 Å². The maximum Gasteiger partial charge on any atom is 0.407 e. The normalized spacial score (nSPS) is 11.8. The summed E-state index contributed by atoms with van der Waals surface area (Å²) in [6, 6.07) is 1.99. The Balaban J connectivity index is 1.68. The van der Waals surface area contributed by atoms with Crippen LogP contribution in [0.15, 0.2) is 17.6 Å². The lowest BCUT2D eigenvalue weighted by Gasteiger charge is -2.19. The van der Waals surface area contributed by atoms with Gasteiger partial charge in [0.25, 0.3) is 0 Å². The third-order valence-electron chi connectivity index (χ3n) is 3.30. The van der Waals surface area contributed by atoms with E-state index >= 15 is 0 Å². The van der Waals surface area contributed by atoms with E-state index in [9.17, 15) is 4.79 Å². The van der Waals surface area contributed by atoms with Gasteiger partial charge in [-0.1, -0.05) is 0 Å². The number of thiophene rings is 1. The van der Waals surface area contributed by atoms with E-state index in [1.165, 1.54) is 0 Å². The van der Waals surface area contributed by atoms with Gasteiger partial charge in [0, 0.05) is 25.0 Å². The van der Waals surface area contributed by atoms with Gasteiger partial charge in [-0.3, -0.25) is 4.40 Å². The molecule has 3 rings (SSSR count). The summed E-state index contributed by atoms with van der Waals surface area (Å²) in [5.74, 6) is 0.708. The molecule has 0 bridgehead atoms. The minimum absolute atomic E-state index is 0.424. The van der Waals surface area contributed by atoms with Crippen molar-refractivity contribution in [1.82, 2.24) is 19.7 Å². The minimum atomic E-state index is -0.497. The molecule has 3 aromatic heterocycles. The fourth-order valence-corrected chi connectivity index (χ4v) is 3.25. The molecule has 128 valence electrons. The van der Waals surface area contributed by atoms with Gasteiger partial charge in [0.1, 0.15) is 15.9 Å². The van der Waals surface area contributed by atoms with Gasteiger partial charge in [0.2, 0.25) is 0 Å². The monoisotopic (exact) mass is 347 g/mol. The quantitative estimate of drug-likeness (QED) is 0.709. The molecule has 0 aromatic carbocycles.